The molecule has 0 aliphatic heterocycles. The van der Waals surface area contributed by atoms with Crippen LogP contribution in [0, 0.1) is 30.6 Å². The van der Waals surface area contributed by atoms with Gasteiger partial charge in [-0.25, -0.2) is 23.9 Å². The molecule has 0 fully saturated rings. The van der Waals surface area contributed by atoms with Crippen LogP contribution in [0.5, 0.6) is 11.6 Å². The van der Waals surface area contributed by atoms with E-state index in [1.807, 2.05) is 44.3 Å². The number of hydrogen-bond donors (Lipinski definition) is 1. The van der Waals surface area contributed by atoms with Crippen LogP contribution in [-0.4, -0.2) is 44.5 Å². The minimum Gasteiger partial charge on any atom is -0.490 e. The summed E-state index contributed by atoms with van der Waals surface area (Å²) >= 11 is 0. The highest BCUT2D eigenvalue weighted by Crippen LogP contribution is 2.34. The highest BCUT2D eigenvalue weighted by Gasteiger charge is 2.20. The number of ether oxygens (including phenoxy) is 2. The molecule has 0 radical (unpaired) electrons. The van der Waals surface area contributed by atoms with E-state index in [-0.39, 0.29) is 19.1 Å². The van der Waals surface area contributed by atoms with Gasteiger partial charge in [0.2, 0.25) is 5.88 Å². The number of pyridine rings is 2. The van der Waals surface area contributed by atoms with Gasteiger partial charge in [0.1, 0.15) is 37.3 Å². The number of nitriles is 1. The number of rotatable bonds is 9. The summed E-state index contributed by atoms with van der Waals surface area (Å²) in [7, 11) is 0. The van der Waals surface area contributed by atoms with Gasteiger partial charge in [-0.3, -0.25) is 0 Å². The molecule has 1 N–H and O–H groups in total. The van der Waals surface area contributed by atoms with Crippen LogP contribution in [0.2, 0.25) is 0 Å². The number of nitrogens with one attached hydrogen (secondary N) is 1. The minimum absolute atomic E-state index is 0.0905. The van der Waals surface area contributed by atoms with Crippen LogP contribution in [0.25, 0.3) is 16.6 Å². The fourth-order valence-corrected chi connectivity index (χ4v) is 3.41. The average Bonchev–Trinajstić information content (AvgIpc) is 3.22. The zero-order valence-electron chi connectivity index (χ0n) is 20.0. The van der Waals surface area contributed by atoms with Crippen molar-refractivity contribution in [2.45, 2.75) is 27.7 Å². The monoisotopic (exact) mass is 475 g/mol. The number of halogens is 1. The zero-order chi connectivity index (χ0) is 25.0. The summed E-state index contributed by atoms with van der Waals surface area (Å²) < 4.78 is 25.7. The number of aryl methyl sites for hydroxylation is 2. The Bertz CT molecular complexity index is 1370. The number of aromatic nitrogens is 5. The van der Waals surface area contributed by atoms with E-state index in [9.17, 15) is 9.65 Å². The van der Waals surface area contributed by atoms with E-state index in [4.69, 9.17) is 9.47 Å². The van der Waals surface area contributed by atoms with E-state index in [0.29, 0.717) is 28.8 Å². The predicted octanol–water partition coefficient (Wildman–Crippen LogP) is 4.82. The molecular weight excluding hydrogens is 449 g/mol. The van der Waals surface area contributed by atoms with Gasteiger partial charge in [0.15, 0.2) is 5.82 Å². The number of hydrogen-bond acceptors (Lipinski definition) is 8. The fourth-order valence-electron chi connectivity index (χ4n) is 3.41. The third-order valence-electron chi connectivity index (χ3n) is 5.06. The van der Waals surface area contributed by atoms with Gasteiger partial charge in [0.25, 0.3) is 0 Å². The van der Waals surface area contributed by atoms with Crippen LogP contribution in [0.4, 0.5) is 16.0 Å². The van der Waals surface area contributed by atoms with Crippen molar-refractivity contribution in [3.05, 3.63) is 54.2 Å². The van der Waals surface area contributed by atoms with Gasteiger partial charge < -0.3 is 14.8 Å². The molecule has 9 nitrogen and oxygen atoms in total. The second-order valence-corrected chi connectivity index (χ2v) is 8.72. The Morgan fingerprint density at radius 2 is 1.94 bits per heavy atom. The van der Waals surface area contributed by atoms with Gasteiger partial charge in [0, 0.05) is 35.7 Å². The maximum atomic E-state index is 12.6. The minimum atomic E-state index is -0.672. The van der Waals surface area contributed by atoms with Gasteiger partial charge in [0.05, 0.1) is 23.2 Å². The Hall–Kier alpha value is -4.26. The Labute approximate surface area is 202 Å². The quantitative estimate of drug-likeness (QED) is 0.367. The van der Waals surface area contributed by atoms with Gasteiger partial charge in [-0.1, -0.05) is 0 Å². The highest BCUT2D eigenvalue weighted by atomic mass is 19.1. The molecule has 0 bridgehead atoms. The SMILES string of the molecule is Cc1cc(Nc2cc3cc(-c4cc(OCCF)ncc4OCC(C)(C)C#N)ccn3n2)nc(C)n1. The van der Waals surface area contributed by atoms with E-state index < -0.39 is 12.1 Å². The van der Waals surface area contributed by atoms with Gasteiger partial charge in [-0.15, -0.1) is 0 Å². The molecule has 4 aromatic heterocycles. The Morgan fingerprint density at radius 1 is 1.11 bits per heavy atom. The Balaban J connectivity index is 1.67. The smallest absolute Gasteiger partial charge is 0.214 e. The summed E-state index contributed by atoms with van der Waals surface area (Å²) in [5.41, 5.74) is 2.56. The molecule has 0 aliphatic carbocycles. The second kappa shape index (κ2) is 9.93. The largest absolute Gasteiger partial charge is 0.490 e. The van der Waals surface area contributed by atoms with Crippen LogP contribution in [0.3, 0.4) is 0 Å². The van der Waals surface area contributed by atoms with E-state index in [0.717, 1.165) is 16.8 Å². The van der Waals surface area contributed by atoms with E-state index in [2.05, 4.69) is 31.4 Å². The van der Waals surface area contributed by atoms with Gasteiger partial charge in [-0.2, -0.15) is 10.4 Å². The van der Waals surface area contributed by atoms with E-state index in [1.54, 1.807) is 24.4 Å². The van der Waals surface area contributed by atoms with E-state index >= 15 is 0 Å². The summed E-state index contributed by atoms with van der Waals surface area (Å²) in [6.45, 7) is 6.82. The van der Waals surface area contributed by atoms with Crippen molar-refractivity contribution in [2.75, 3.05) is 25.2 Å². The fraction of sp³-hybridized carbons (Fsp3) is 0.320. The molecule has 4 heterocycles. The van der Waals surface area contributed by atoms with Crippen molar-refractivity contribution < 1.29 is 13.9 Å². The Morgan fingerprint density at radius 3 is 2.69 bits per heavy atom. The summed E-state index contributed by atoms with van der Waals surface area (Å²) in [5, 5.41) is 17.1. The highest BCUT2D eigenvalue weighted by molar-refractivity contribution is 5.75. The molecule has 0 atom stereocenters. The molecule has 0 unspecified atom stereocenters. The lowest BCUT2D eigenvalue weighted by Gasteiger charge is -2.18. The predicted molar refractivity (Wildman–Crippen MR) is 130 cm³/mol. The van der Waals surface area contributed by atoms with Crippen LogP contribution >= 0.6 is 0 Å². The number of anilines is 2. The van der Waals surface area contributed by atoms with Crippen molar-refractivity contribution in [3.63, 3.8) is 0 Å². The lowest BCUT2D eigenvalue weighted by Crippen LogP contribution is -2.19. The lowest BCUT2D eigenvalue weighted by molar-refractivity contribution is 0.226. The summed E-state index contributed by atoms with van der Waals surface area (Å²) in [5.74, 6) is 2.76. The normalized spacial score (nSPS) is 11.3. The Kier molecular flexibility index (Phi) is 6.78. The molecule has 0 saturated carbocycles. The van der Waals surface area contributed by atoms with E-state index in [1.165, 1.54) is 6.20 Å². The lowest BCUT2D eigenvalue weighted by atomic mass is 9.97. The number of nitrogens with zero attached hydrogens (tertiary/aromatic N) is 6. The molecule has 35 heavy (non-hydrogen) atoms. The molecule has 0 amide bonds. The molecule has 180 valence electrons. The van der Waals surface area contributed by atoms with Crippen molar-refractivity contribution in [1.82, 2.24) is 24.6 Å². The molecule has 4 aromatic rings. The van der Waals surface area contributed by atoms with Crippen molar-refractivity contribution >= 4 is 17.2 Å². The molecule has 4 rings (SSSR count). The average molecular weight is 476 g/mol. The molecule has 0 spiro atoms. The van der Waals surface area contributed by atoms with Crippen LogP contribution in [0.1, 0.15) is 25.4 Å². The van der Waals surface area contributed by atoms with Crippen LogP contribution in [0.15, 0.2) is 42.7 Å². The van der Waals surface area contributed by atoms with Gasteiger partial charge >= 0.3 is 0 Å². The standard InChI is InChI=1S/C25H26FN7O2/c1-16-9-22(30-17(2)29-16)31-23-11-19-10-18(5-7-33(19)32-23)20-12-24(34-8-6-26)28-13-21(20)35-15-25(3,4)14-27/h5,7,9-13H,6,8,15H2,1-4H3,(H,29,30,31,32). The second-order valence-electron chi connectivity index (χ2n) is 8.72. The maximum absolute atomic E-state index is 12.6. The first kappa shape index (κ1) is 23.9. The molecule has 0 aromatic carbocycles. The van der Waals surface area contributed by atoms with Crippen molar-refractivity contribution in [2.24, 2.45) is 5.41 Å². The first-order valence-electron chi connectivity index (χ1n) is 11.1. The van der Waals surface area contributed by atoms with Crippen LogP contribution in [-0.2, 0) is 0 Å². The van der Waals surface area contributed by atoms with Crippen molar-refractivity contribution in [1.29, 1.82) is 5.26 Å². The first-order valence-corrected chi connectivity index (χ1v) is 11.1. The van der Waals surface area contributed by atoms with Gasteiger partial charge in [-0.05, 0) is 45.4 Å². The number of fused-ring (bicyclic) bond motifs is 1. The summed E-state index contributed by atoms with van der Waals surface area (Å²) in [6, 6.07) is 11.5. The molecular formula is C25H26FN7O2. The third kappa shape index (κ3) is 5.81. The van der Waals surface area contributed by atoms with Crippen LogP contribution < -0.4 is 14.8 Å². The molecule has 0 saturated heterocycles. The summed E-state index contributed by atoms with van der Waals surface area (Å²) in [6.07, 6.45) is 3.36. The maximum Gasteiger partial charge on any atom is 0.214 e. The summed E-state index contributed by atoms with van der Waals surface area (Å²) in [4.78, 5) is 12.9. The first-order chi connectivity index (χ1) is 16.8. The zero-order valence-corrected chi connectivity index (χ0v) is 20.0. The number of alkyl halides is 1. The molecule has 10 heteroatoms. The molecule has 0 aliphatic rings. The topological polar surface area (TPSA) is 110 Å². The van der Waals surface area contributed by atoms with Crippen molar-refractivity contribution in [3.8, 4) is 28.8 Å². The third-order valence-corrected chi connectivity index (χ3v) is 5.06.